The Kier molecular flexibility index (Phi) is 5.41. The zero-order valence-corrected chi connectivity index (χ0v) is 13.6. The molecule has 0 atom stereocenters. The SMILES string of the molecule is O=C(NN=Cc1ccccc1OC(=O)c1cccnc1)c1ccncc1. The number of nitrogens with one attached hydrogen (secondary N) is 1. The van der Waals surface area contributed by atoms with E-state index in [4.69, 9.17) is 4.74 Å². The normalized spacial score (nSPS) is 10.5. The van der Waals surface area contributed by atoms with Gasteiger partial charge in [0.25, 0.3) is 5.91 Å². The van der Waals surface area contributed by atoms with Crippen LogP contribution in [0.3, 0.4) is 0 Å². The fraction of sp³-hybridized carbons (Fsp3) is 0. The van der Waals surface area contributed by atoms with E-state index in [1.807, 2.05) is 0 Å². The third kappa shape index (κ3) is 4.35. The maximum absolute atomic E-state index is 12.2. The van der Waals surface area contributed by atoms with Crippen molar-refractivity contribution >= 4 is 18.1 Å². The van der Waals surface area contributed by atoms with Gasteiger partial charge in [-0.25, -0.2) is 10.2 Å². The summed E-state index contributed by atoms with van der Waals surface area (Å²) in [5, 5.41) is 3.91. The summed E-state index contributed by atoms with van der Waals surface area (Å²) in [5.74, 6) is -0.573. The molecule has 0 aliphatic carbocycles. The fourth-order valence-corrected chi connectivity index (χ4v) is 2.05. The number of esters is 1. The molecule has 0 aliphatic heterocycles. The van der Waals surface area contributed by atoms with E-state index in [1.165, 1.54) is 24.8 Å². The highest BCUT2D eigenvalue weighted by Gasteiger charge is 2.10. The number of nitrogens with zero attached hydrogens (tertiary/aromatic N) is 3. The van der Waals surface area contributed by atoms with Gasteiger partial charge in [0.15, 0.2) is 0 Å². The number of rotatable bonds is 5. The van der Waals surface area contributed by atoms with Crippen molar-refractivity contribution in [2.45, 2.75) is 0 Å². The fourth-order valence-electron chi connectivity index (χ4n) is 2.05. The third-order valence-electron chi connectivity index (χ3n) is 3.33. The van der Waals surface area contributed by atoms with Gasteiger partial charge in [0, 0.05) is 35.9 Å². The van der Waals surface area contributed by atoms with E-state index in [2.05, 4.69) is 20.5 Å². The minimum absolute atomic E-state index is 0.322. The van der Waals surface area contributed by atoms with Gasteiger partial charge in [-0.15, -0.1) is 0 Å². The molecule has 128 valence electrons. The molecule has 1 N–H and O–H groups in total. The van der Waals surface area contributed by atoms with Gasteiger partial charge in [-0.2, -0.15) is 5.10 Å². The minimum atomic E-state index is -0.528. The van der Waals surface area contributed by atoms with Crippen LogP contribution >= 0.6 is 0 Å². The molecule has 7 heteroatoms. The van der Waals surface area contributed by atoms with Crippen molar-refractivity contribution in [3.05, 3.63) is 90.0 Å². The number of pyridine rings is 2. The lowest BCUT2D eigenvalue weighted by atomic mass is 10.2. The first-order valence-corrected chi connectivity index (χ1v) is 7.69. The lowest BCUT2D eigenvalue weighted by molar-refractivity contribution is 0.0733. The van der Waals surface area contributed by atoms with Crippen LogP contribution in [0, 0.1) is 0 Å². The van der Waals surface area contributed by atoms with Crippen LogP contribution in [0.5, 0.6) is 5.75 Å². The van der Waals surface area contributed by atoms with Gasteiger partial charge < -0.3 is 4.74 Å². The standard InChI is InChI=1S/C19H14N4O3/c24-18(14-7-10-20-11-8-14)23-22-13-15-4-1-2-6-17(15)26-19(25)16-5-3-9-21-12-16/h1-13H,(H,23,24). The van der Waals surface area contributed by atoms with E-state index in [0.717, 1.165) is 0 Å². The van der Waals surface area contributed by atoms with Crippen LogP contribution in [0.1, 0.15) is 26.3 Å². The third-order valence-corrected chi connectivity index (χ3v) is 3.33. The number of amides is 1. The summed E-state index contributed by atoms with van der Waals surface area (Å²) in [4.78, 5) is 31.8. The number of hydrogen-bond acceptors (Lipinski definition) is 6. The summed E-state index contributed by atoms with van der Waals surface area (Å²) in [6.45, 7) is 0. The molecule has 26 heavy (non-hydrogen) atoms. The molecule has 0 bridgehead atoms. The Bertz CT molecular complexity index is 928. The number of carbonyl (C=O) groups is 2. The molecule has 0 unspecified atom stereocenters. The second-order valence-corrected chi connectivity index (χ2v) is 5.10. The number of para-hydroxylation sites is 1. The first-order valence-electron chi connectivity index (χ1n) is 7.69. The van der Waals surface area contributed by atoms with E-state index < -0.39 is 5.97 Å². The molecular formula is C19H14N4O3. The lowest BCUT2D eigenvalue weighted by Gasteiger charge is -2.07. The molecule has 2 aromatic heterocycles. The molecule has 3 aromatic rings. The Morgan fingerprint density at radius 2 is 1.73 bits per heavy atom. The van der Waals surface area contributed by atoms with Gasteiger partial charge in [0.2, 0.25) is 0 Å². The Morgan fingerprint density at radius 3 is 2.50 bits per heavy atom. The number of ether oxygens (including phenoxy) is 1. The highest BCUT2D eigenvalue weighted by Crippen LogP contribution is 2.17. The molecule has 0 aliphatic rings. The van der Waals surface area contributed by atoms with Crippen LogP contribution < -0.4 is 10.2 Å². The monoisotopic (exact) mass is 346 g/mol. The van der Waals surface area contributed by atoms with Crippen LogP contribution in [0.4, 0.5) is 0 Å². The largest absolute Gasteiger partial charge is 0.422 e. The average molecular weight is 346 g/mol. The predicted molar refractivity (Wildman–Crippen MR) is 94.9 cm³/mol. The quantitative estimate of drug-likeness (QED) is 0.331. The van der Waals surface area contributed by atoms with Crippen LogP contribution in [0.15, 0.2) is 78.4 Å². The Hall–Kier alpha value is -3.87. The number of benzene rings is 1. The van der Waals surface area contributed by atoms with Gasteiger partial charge in [-0.3, -0.25) is 14.8 Å². The minimum Gasteiger partial charge on any atom is -0.422 e. The van der Waals surface area contributed by atoms with Crippen molar-refractivity contribution in [2.24, 2.45) is 5.10 Å². The smallest absolute Gasteiger partial charge is 0.345 e. The van der Waals surface area contributed by atoms with Crippen molar-refractivity contribution in [1.82, 2.24) is 15.4 Å². The number of aromatic nitrogens is 2. The van der Waals surface area contributed by atoms with Gasteiger partial charge >= 0.3 is 5.97 Å². The van der Waals surface area contributed by atoms with Crippen molar-refractivity contribution in [3.63, 3.8) is 0 Å². The Balaban J connectivity index is 1.69. The maximum atomic E-state index is 12.2. The van der Waals surface area contributed by atoms with Gasteiger partial charge in [0.1, 0.15) is 5.75 Å². The van der Waals surface area contributed by atoms with Crippen molar-refractivity contribution < 1.29 is 14.3 Å². The number of hydrazone groups is 1. The molecule has 0 saturated heterocycles. The summed E-state index contributed by atoms with van der Waals surface area (Å²) in [7, 11) is 0. The topological polar surface area (TPSA) is 93.5 Å². The second-order valence-electron chi connectivity index (χ2n) is 5.10. The van der Waals surface area contributed by atoms with E-state index in [9.17, 15) is 9.59 Å². The Labute approximate surface area is 149 Å². The summed E-state index contributed by atoms with van der Waals surface area (Å²) in [6.07, 6.45) is 7.44. The summed E-state index contributed by atoms with van der Waals surface area (Å²) < 4.78 is 5.38. The second kappa shape index (κ2) is 8.29. The van der Waals surface area contributed by atoms with Crippen molar-refractivity contribution in [1.29, 1.82) is 0 Å². The van der Waals surface area contributed by atoms with E-state index >= 15 is 0 Å². The first-order chi connectivity index (χ1) is 12.7. The first kappa shape index (κ1) is 17.0. The average Bonchev–Trinajstić information content (AvgIpc) is 2.70. The Morgan fingerprint density at radius 1 is 0.923 bits per heavy atom. The summed E-state index contributed by atoms with van der Waals surface area (Å²) >= 11 is 0. The van der Waals surface area contributed by atoms with Crippen molar-refractivity contribution in [3.8, 4) is 5.75 Å². The molecular weight excluding hydrogens is 332 g/mol. The van der Waals surface area contributed by atoms with E-state index in [0.29, 0.717) is 22.4 Å². The molecule has 3 rings (SSSR count). The van der Waals surface area contributed by atoms with Gasteiger partial charge in [-0.05, 0) is 36.4 Å². The summed E-state index contributed by atoms with van der Waals surface area (Å²) in [5.41, 5.74) is 3.73. The van der Waals surface area contributed by atoms with Crippen LogP contribution in [-0.2, 0) is 0 Å². The highest BCUT2D eigenvalue weighted by atomic mass is 16.5. The van der Waals surface area contributed by atoms with E-state index in [-0.39, 0.29) is 5.91 Å². The summed E-state index contributed by atoms with van der Waals surface area (Å²) in [6, 6.07) is 13.3. The van der Waals surface area contributed by atoms with Crippen molar-refractivity contribution in [2.75, 3.05) is 0 Å². The highest BCUT2D eigenvalue weighted by molar-refractivity contribution is 5.95. The molecule has 0 spiro atoms. The number of hydrogen-bond donors (Lipinski definition) is 1. The van der Waals surface area contributed by atoms with Crippen LogP contribution in [0.2, 0.25) is 0 Å². The van der Waals surface area contributed by atoms with Gasteiger partial charge in [0.05, 0.1) is 11.8 Å². The lowest BCUT2D eigenvalue weighted by Crippen LogP contribution is -2.17. The number of carbonyl (C=O) groups excluding carboxylic acids is 2. The van der Waals surface area contributed by atoms with Crippen LogP contribution in [-0.4, -0.2) is 28.1 Å². The van der Waals surface area contributed by atoms with Gasteiger partial charge in [-0.1, -0.05) is 12.1 Å². The van der Waals surface area contributed by atoms with Crippen LogP contribution in [0.25, 0.3) is 0 Å². The zero-order chi connectivity index (χ0) is 18.2. The molecule has 0 radical (unpaired) electrons. The molecule has 1 amide bonds. The molecule has 1 aromatic carbocycles. The molecule has 0 saturated carbocycles. The zero-order valence-electron chi connectivity index (χ0n) is 13.6. The molecule has 0 fully saturated rings. The maximum Gasteiger partial charge on any atom is 0.345 e. The molecule has 2 heterocycles. The van der Waals surface area contributed by atoms with E-state index in [1.54, 1.807) is 54.7 Å². The molecule has 7 nitrogen and oxygen atoms in total. The predicted octanol–water partition coefficient (Wildman–Crippen LogP) is 2.46.